The molecular formula is C22H31N5O4S. The summed E-state index contributed by atoms with van der Waals surface area (Å²) in [7, 11) is -3.00. The number of ether oxygens (including phenoxy) is 2. The average Bonchev–Trinajstić information content (AvgIpc) is 3.31. The zero-order valence-electron chi connectivity index (χ0n) is 18.5. The molecule has 4 unspecified atom stereocenters. The van der Waals surface area contributed by atoms with Crippen molar-refractivity contribution in [2.75, 3.05) is 47.7 Å². The Labute approximate surface area is 188 Å². The molecule has 0 spiro atoms. The molecule has 4 fully saturated rings. The van der Waals surface area contributed by atoms with Gasteiger partial charge in [0.2, 0.25) is 0 Å². The van der Waals surface area contributed by atoms with E-state index >= 15 is 0 Å². The summed E-state index contributed by atoms with van der Waals surface area (Å²) in [6.07, 6.45) is 7.13. The Morgan fingerprint density at radius 2 is 1.94 bits per heavy atom. The molecule has 4 aliphatic heterocycles. The maximum atomic E-state index is 12.2. The lowest BCUT2D eigenvalue weighted by atomic mass is 10.1. The molecule has 0 aromatic carbocycles. The maximum absolute atomic E-state index is 12.2. The molecule has 6 heterocycles. The third kappa shape index (κ3) is 3.47. The third-order valence-corrected chi connectivity index (χ3v) is 9.24. The van der Waals surface area contributed by atoms with Gasteiger partial charge in [0.1, 0.15) is 5.82 Å². The summed E-state index contributed by atoms with van der Waals surface area (Å²) in [4.78, 5) is 9.78. The first-order valence-corrected chi connectivity index (χ1v) is 13.7. The predicted octanol–water partition coefficient (Wildman–Crippen LogP) is 2.12. The minimum atomic E-state index is -3.00. The van der Waals surface area contributed by atoms with Gasteiger partial charge in [-0.25, -0.2) is 18.1 Å². The number of hydrogen-bond acceptors (Lipinski definition) is 8. The Morgan fingerprint density at radius 1 is 1.12 bits per heavy atom. The van der Waals surface area contributed by atoms with Crippen LogP contribution >= 0.6 is 0 Å². The molecule has 0 aliphatic carbocycles. The van der Waals surface area contributed by atoms with Gasteiger partial charge in [-0.2, -0.15) is 5.10 Å². The second-order valence-corrected chi connectivity index (χ2v) is 11.9. The largest absolute Gasteiger partial charge is 0.377 e. The normalized spacial score (nSPS) is 32.5. The molecule has 6 rings (SSSR count). The molecule has 2 aromatic heterocycles. The Kier molecular flexibility index (Phi) is 5.07. The standard InChI is InChI=1S/C22H31N5O4S/c1-15-14-32(28,29)9-7-25(15)19-10-20(26-16-5-6-17(26)13-30-12-16)24-22-18(19)11-23-27(22)21-4-2-3-8-31-21/h10-11,15-17,21H,2-9,12-14H2,1H3. The fourth-order valence-corrected chi connectivity index (χ4v) is 7.40. The van der Waals surface area contributed by atoms with E-state index in [0.29, 0.717) is 18.6 Å². The zero-order chi connectivity index (χ0) is 21.9. The molecule has 0 radical (unpaired) electrons. The zero-order valence-corrected chi connectivity index (χ0v) is 19.3. The van der Waals surface area contributed by atoms with E-state index in [-0.39, 0.29) is 23.8 Å². The van der Waals surface area contributed by atoms with E-state index in [1.54, 1.807) is 0 Å². The first-order chi connectivity index (χ1) is 15.5. The minimum Gasteiger partial charge on any atom is -0.377 e. The van der Waals surface area contributed by atoms with Crippen LogP contribution in [-0.4, -0.2) is 79.2 Å². The molecule has 174 valence electrons. The fourth-order valence-electron chi connectivity index (χ4n) is 5.85. The van der Waals surface area contributed by atoms with Gasteiger partial charge >= 0.3 is 0 Å². The molecule has 4 saturated heterocycles. The number of sulfone groups is 1. The van der Waals surface area contributed by atoms with Crippen molar-refractivity contribution in [1.82, 2.24) is 14.8 Å². The van der Waals surface area contributed by atoms with Crippen LogP contribution in [0.3, 0.4) is 0 Å². The number of rotatable bonds is 3. The highest BCUT2D eigenvalue weighted by molar-refractivity contribution is 7.91. The van der Waals surface area contributed by atoms with Gasteiger partial charge in [0.25, 0.3) is 0 Å². The van der Waals surface area contributed by atoms with Gasteiger partial charge < -0.3 is 19.3 Å². The van der Waals surface area contributed by atoms with E-state index in [1.807, 2.05) is 17.8 Å². The van der Waals surface area contributed by atoms with Gasteiger partial charge in [0.05, 0.1) is 54.1 Å². The van der Waals surface area contributed by atoms with E-state index < -0.39 is 9.84 Å². The highest BCUT2D eigenvalue weighted by Crippen LogP contribution is 2.39. The molecule has 2 aromatic rings. The molecule has 9 nitrogen and oxygen atoms in total. The molecule has 2 bridgehead atoms. The highest BCUT2D eigenvalue weighted by Gasteiger charge is 2.39. The van der Waals surface area contributed by atoms with Crippen LogP contribution in [0.1, 0.15) is 45.3 Å². The Bertz CT molecular complexity index is 1100. The second-order valence-electron chi connectivity index (χ2n) is 9.63. The Morgan fingerprint density at radius 3 is 2.66 bits per heavy atom. The SMILES string of the molecule is CC1CS(=O)(=O)CCN1c1cc(N2C3CCC2COC3)nc2c1cnn2C1CCCCO1. The lowest BCUT2D eigenvalue weighted by Gasteiger charge is -2.38. The van der Waals surface area contributed by atoms with Gasteiger partial charge in [0.15, 0.2) is 21.7 Å². The van der Waals surface area contributed by atoms with Crippen molar-refractivity contribution in [1.29, 1.82) is 0 Å². The molecular weight excluding hydrogens is 430 g/mol. The predicted molar refractivity (Wildman–Crippen MR) is 122 cm³/mol. The van der Waals surface area contributed by atoms with Crippen LogP contribution in [0.25, 0.3) is 11.0 Å². The topological polar surface area (TPSA) is 89.8 Å². The van der Waals surface area contributed by atoms with Crippen LogP contribution in [0.15, 0.2) is 12.3 Å². The van der Waals surface area contributed by atoms with Gasteiger partial charge in [-0.1, -0.05) is 0 Å². The average molecular weight is 462 g/mol. The summed E-state index contributed by atoms with van der Waals surface area (Å²) in [5, 5.41) is 5.68. The van der Waals surface area contributed by atoms with Crippen LogP contribution in [0.2, 0.25) is 0 Å². The van der Waals surface area contributed by atoms with Gasteiger partial charge in [-0.15, -0.1) is 0 Å². The lowest BCUT2D eigenvalue weighted by molar-refractivity contribution is -0.0370. The van der Waals surface area contributed by atoms with E-state index in [0.717, 1.165) is 74.5 Å². The Hall–Kier alpha value is -1.91. The molecule has 4 atom stereocenters. The van der Waals surface area contributed by atoms with Crippen molar-refractivity contribution >= 4 is 32.4 Å². The molecule has 4 aliphatic rings. The van der Waals surface area contributed by atoms with Crippen molar-refractivity contribution in [3.63, 3.8) is 0 Å². The summed E-state index contributed by atoms with van der Waals surface area (Å²) in [5.74, 6) is 1.30. The number of nitrogens with zero attached hydrogens (tertiary/aromatic N) is 5. The van der Waals surface area contributed by atoms with Crippen molar-refractivity contribution in [2.24, 2.45) is 0 Å². The van der Waals surface area contributed by atoms with Crippen molar-refractivity contribution < 1.29 is 17.9 Å². The van der Waals surface area contributed by atoms with Crippen LogP contribution in [-0.2, 0) is 19.3 Å². The van der Waals surface area contributed by atoms with Crippen LogP contribution < -0.4 is 9.80 Å². The van der Waals surface area contributed by atoms with E-state index in [1.165, 1.54) is 0 Å². The summed E-state index contributed by atoms with van der Waals surface area (Å²) in [5.41, 5.74) is 1.86. The van der Waals surface area contributed by atoms with Gasteiger partial charge in [0, 0.05) is 25.3 Å². The molecule has 0 amide bonds. The number of anilines is 2. The van der Waals surface area contributed by atoms with E-state index in [4.69, 9.17) is 19.6 Å². The number of hydrogen-bond donors (Lipinski definition) is 0. The highest BCUT2D eigenvalue weighted by atomic mass is 32.2. The molecule has 0 saturated carbocycles. The van der Waals surface area contributed by atoms with E-state index in [9.17, 15) is 8.42 Å². The van der Waals surface area contributed by atoms with Crippen molar-refractivity contribution in [3.05, 3.63) is 12.3 Å². The summed E-state index contributed by atoms with van der Waals surface area (Å²) in [6.45, 7) is 4.69. The van der Waals surface area contributed by atoms with Crippen LogP contribution in [0, 0.1) is 0 Å². The quantitative estimate of drug-likeness (QED) is 0.687. The molecule has 0 N–H and O–H groups in total. The summed E-state index contributed by atoms with van der Waals surface area (Å²) < 4.78 is 38.2. The second kappa shape index (κ2) is 7.85. The number of morpholine rings is 1. The third-order valence-electron chi connectivity index (χ3n) is 7.44. The van der Waals surface area contributed by atoms with Crippen LogP contribution in [0.4, 0.5) is 11.5 Å². The monoisotopic (exact) mass is 461 g/mol. The minimum absolute atomic E-state index is 0.0945. The van der Waals surface area contributed by atoms with E-state index in [2.05, 4.69) is 15.9 Å². The fraction of sp³-hybridized carbons (Fsp3) is 0.727. The van der Waals surface area contributed by atoms with Crippen molar-refractivity contribution in [2.45, 2.75) is 63.4 Å². The molecule has 32 heavy (non-hydrogen) atoms. The summed E-state index contributed by atoms with van der Waals surface area (Å²) >= 11 is 0. The number of fused-ring (bicyclic) bond motifs is 3. The van der Waals surface area contributed by atoms with Gasteiger partial charge in [-0.3, -0.25) is 0 Å². The van der Waals surface area contributed by atoms with Crippen molar-refractivity contribution in [3.8, 4) is 0 Å². The van der Waals surface area contributed by atoms with Crippen LogP contribution in [0.5, 0.6) is 0 Å². The first-order valence-electron chi connectivity index (χ1n) is 11.8. The number of pyridine rings is 1. The summed E-state index contributed by atoms with van der Waals surface area (Å²) in [6, 6.07) is 2.74. The first kappa shape index (κ1) is 20.7. The molecule has 10 heteroatoms. The maximum Gasteiger partial charge on any atom is 0.164 e. The smallest absolute Gasteiger partial charge is 0.164 e. The Balaban J connectivity index is 1.47. The lowest BCUT2D eigenvalue weighted by Crippen LogP contribution is -2.48. The number of aromatic nitrogens is 3. The van der Waals surface area contributed by atoms with Gasteiger partial charge in [-0.05, 0) is 39.0 Å².